The molecule has 1 saturated heterocycles. The molecule has 0 spiro atoms. The average Bonchev–Trinajstić information content (AvgIpc) is 2.23. The minimum Gasteiger partial charge on any atom is -0.273 e. The van der Waals surface area contributed by atoms with E-state index in [0.717, 1.165) is 25.7 Å². The van der Waals surface area contributed by atoms with Crippen LogP contribution in [0, 0.1) is 5.92 Å². The van der Waals surface area contributed by atoms with Gasteiger partial charge in [0.25, 0.3) is 0 Å². The molecular weight excluding hydrogens is 204 g/mol. The SMILES string of the molecule is CCCC(=O)NN1CCC(CCC)CC1=O. The van der Waals surface area contributed by atoms with Gasteiger partial charge in [0.2, 0.25) is 11.8 Å². The third-order valence-electron chi connectivity index (χ3n) is 2.96. The molecule has 4 nitrogen and oxygen atoms in total. The number of amides is 2. The third kappa shape index (κ3) is 3.83. The Morgan fingerprint density at radius 3 is 2.75 bits per heavy atom. The Hall–Kier alpha value is -1.06. The maximum absolute atomic E-state index is 11.7. The maximum atomic E-state index is 11.7. The van der Waals surface area contributed by atoms with E-state index in [9.17, 15) is 9.59 Å². The van der Waals surface area contributed by atoms with Crippen LogP contribution in [0.5, 0.6) is 0 Å². The minimum absolute atomic E-state index is 0.0511. The lowest BCUT2D eigenvalue weighted by atomic mass is 9.93. The van der Waals surface area contributed by atoms with Crippen LogP contribution >= 0.6 is 0 Å². The van der Waals surface area contributed by atoms with Crippen LogP contribution < -0.4 is 5.43 Å². The van der Waals surface area contributed by atoms with Crippen molar-refractivity contribution in [3.05, 3.63) is 0 Å². The molecule has 1 N–H and O–H groups in total. The number of nitrogens with one attached hydrogen (secondary N) is 1. The molecule has 1 unspecified atom stereocenters. The fourth-order valence-corrected chi connectivity index (χ4v) is 2.10. The molecule has 16 heavy (non-hydrogen) atoms. The molecule has 2 amide bonds. The summed E-state index contributed by atoms with van der Waals surface area (Å²) in [5.74, 6) is 0.524. The van der Waals surface area contributed by atoms with Gasteiger partial charge in [-0.1, -0.05) is 26.7 Å². The molecule has 0 radical (unpaired) electrons. The van der Waals surface area contributed by atoms with Crippen molar-refractivity contribution in [2.75, 3.05) is 6.54 Å². The van der Waals surface area contributed by atoms with E-state index in [1.807, 2.05) is 6.92 Å². The van der Waals surface area contributed by atoms with Gasteiger partial charge in [0, 0.05) is 19.4 Å². The van der Waals surface area contributed by atoms with E-state index < -0.39 is 0 Å². The lowest BCUT2D eigenvalue weighted by Crippen LogP contribution is -2.50. The standard InChI is InChI=1S/C12H22N2O2/c1-3-5-10-7-8-14(12(16)9-10)13-11(15)6-4-2/h10H,3-9H2,1-2H3,(H,13,15). The molecule has 1 fully saturated rings. The van der Waals surface area contributed by atoms with Crippen LogP contribution in [0.25, 0.3) is 0 Å². The van der Waals surface area contributed by atoms with Gasteiger partial charge in [-0.15, -0.1) is 0 Å². The summed E-state index contributed by atoms with van der Waals surface area (Å²) in [6, 6.07) is 0. The summed E-state index contributed by atoms with van der Waals surface area (Å²) in [7, 11) is 0. The summed E-state index contributed by atoms with van der Waals surface area (Å²) in [6.07, 6.45) is 5.13. The number of hydrogen-bond donors (Lipinski definition) is 1. The highest BCUT2D eigenvalue weighted by Crippen LogP contribution is 2.21. The predicted molar refractivity (Wildman–Crippen MR) is 62.4 cm³/mol. The zero-order chi connectivity index (χ0) is 12.0. The third-order valence-corrected chi connectivity index (χ3v) is 2.96. The molecule has 4 heteroatoms. The van der Waals surface area contributed by atoms with Crippen LogP contribution in [0.3, 0.4) is 0 Å². The van der Waals surface area contributed by atoms with E-state index in [1.54, 1.807) is 0 Å². The Morgan fingerprint density at radius 1 is 1.44 bits per heavy atom. The fourth-order valence-electron chi connectivity index (χ4n) is 2.10. The number of rotatable bonds is 5. The Balaban J connectivity index is 2.36. The minimum atomic E-state index is -0.0511. The first-order chi connectivity index (χ1) is 7.67. The van der Waals surface area contributed by atoms with E-state index in [0.29, 0.717) is 25.3 Å². The normalized spacial score (nSPS) is 21.0. The van der Waals surface area contributed by atoms with E-state index >= 15 is 0 Å². The van der Waals surface area contributed by atoms with Gasteiger partial charge in [-0.2, -0.15) is 0 Å². The van der Waals surface area contributed by atoms with Crippen molar-refractivity contribution in [2.24, 2.45) is 5.92 Å². The lowest BCUT2D eigenvalue weighted by Gasteiger charge is -2.31. The van der Waals surface area contributed by atoms with Gasteiger partial charge >= 0.3 is 0 Å². The summed E-state index contributed by atoms with van der Waals surface area (Å²) in [6.45, 7) is 4.76. The number of carbonyl (C=O) groups is 2. The van der Waals surface area contributed by atoms with Gasteiger partial charge in [0.1, 0.15) is 0 Å². The lowest BCUT2D eigenvalue weighted by molar-refractivity contribution is -0.145. The van der Waals surface area contributed by atoms with Crippen molar-refractivity contribution in [1.82, 2.24) is 10.4 Å². The van der Waals surface area contributed by atoms with Crippen LogP contribution in [0.4, 0.5) is 0 Å². The zero-order valence-electron chi connectivity index (χ0n) is 10.3. The highest BCUT2D eigenvalue weighted by atomic mass is 16.2. The van der Waals surface area contributed by atoms with Crippen molar-refractivity contribution < 1.29 is 9.59 Å². The molecule has 1 aliphatic rings. The van der Waals surface area contributed by atoms with Crippen LogP contribution in [-0.2, 0) is 9.59 Å². The van der Waals surface area contributed by atoms with Crippen molar-refractivity contribution >= 4 is 11.8 Å². The molecule has 1 atom stereocenters. The zero-order valence-corrected chi connectivity index (χ0v) is 10.3. The number of hydrazine groups is 1. The van der Waals surface area contributed by atoms with Crippen LogP contribution in [0.2, 0.25) is 0 Å². The molecule has 0 aliphatic carbocycles. The van der Waals surface area contributed by atoms with Gasteiger partial charge in [0.05, 0.1) is 0 Å². The molecule has 92 valence electrons. The van der Waals surface area contributed by atoms with Crippen molar-refractivity contribution in [3.63, 3.8) is 0 Å². The molecule has 0 bridgehead atoms. The summed E-state index contributed by atoms with van der Waals surface area (Å²) in [5, 5.41) is 1.49. The van der Waals surface area contributed by atoms with E-state index in [1.165, 1.54) is 5.01 Å². The van der Waals surface area contributed by atoms with Crippen molar-refractivity contribution in [2.45, 2.75) is 52.4 Å². The Bertz CT molecular complexity index is 253. The molecule has 1 rings (SSSR count). The second-order valence-corrected chi connectivity index (χ2v) is 4.48. The van der Waals surface area contributed by atoms with E-state index in [4.69, 9.17) is 0 Å². The molecule has 0 aromatic rings. The number of nitrogens with zero attached hydrogens (tertiary/aromatic N) is 1. The number of carbonyl (C=O) groups excluding carboxylic acids is 2. The van der Waals surface area contributed by atoms with Crippen molar-refractivity contribution in [1.29, 1.82) is 0 Å². The van der Waals surface area contributed by atoms with Crippen molar-refractivity contribution in [3.8, 4) is 0 Å². The van der Waals surface area contributed by atoms with Gasteiger partial charge in [-0.3, -0.25) is 20.0 Å². The van der Waals surface area contributed by atoms with Crippen LogP contribution in [0.15, 0.2) is 0 Å². The maximum Gasteiger partial charge on any atom is 0.241 e. The largest absolute Gasteiger partial charge is 0.273 e. The summed E-state index contributed by atoms with van der Waals surface area (Å²) in [4.78, 5) is 23.1. The first-order valence-corrected chi connectivity index (χ1v) is 6.27. The highest BCUT2D eigenvalue weighted by Gasteiger charge is 2.25. The quantitative estimate of drug-likeness (QED) is 0.778. The number of piperidine rings is 1. The van der Waals surface area contributed by atoms with Gasteiger partial charge in [-0.25, -0.2) is 0 Å². The molecule has 0 aromatic heterocycles. The Kier molecular flexibility index (Phi) is 5.29. The second-order valence-electron chi connectivity index (χ2n) is 4.48. The Morgan fingerprint density at radius 2 is 2.19 bits per heavy atom. The summed E-state index contributed by atoms with van der Waals surface area (Å²) in [5.41, 5.74) is 2.68. The van der Waals surface area contributed by atoms with Gasteiger partial charge in [0.15, 0.2) is 0 Å². The summed E-state index contributed by atoms with van der Waals surface area (Å²) >= 11 is 0. The fraction of sp³-hybridized carbons (Fsp3) is 0.833. The molecule has 0 aromatic carbocycles. The predicted octanol–water partition coefficient (Wildman–Crippen LogP) is 1.86. The van der Waals surface area contributed by atoms with E-state index in [2.05, 4.69) is 12.3 Å². The van der Waals surface area contributed by atoms with Gasteiger partial charge < -0.3 is 0 Å². The van der Waals surface area contributed by atoms with E-state index in [-0.39, 0.29) is 11.8 Å². The topological polar surface area (TPSA) is 49.4 Å². The molecule has 1 aliphatic heterocycles. The monoisotopic (exact) mass is 226 g/mol. The molecule has 1 heterocycles. The smallest absolute Gasteiger partial charge is 0.241 e. The highest BCUT2D eigenvalue weighted by molar-refractivity contribution is 5.82. The van der Waals surface area contributed by atoms with Gasteiger partial charge in [-0.05, 0) is 18.8 Å². The first-order valence-electron chi connectivity index (χ1n) is 6.27. The summed E-state index contributed by atoms with van der Waals surface area (Å²) < 4.78 is 0. The molecule has 0 saturated carbocycles. The first kappa shape index (κ1) is 13.0. The Labute approximate surface area is 97.4 Å². The van der Waals surface area contributed by atoms with Crippen LogP contribution in [-0.4, -0.2) is 23.4 Å². The average molecular weight is 226 g/mol. The van der Waals surface area contributed by atoms with Crippen LogP contribution in [0.1, 0.15) is 52.4 Å². The molecular formula is C12H22N2O2. The number of hydrogen-bond acceptors (Lipinski definition) is 2. The second kappa shape index (κ2) is 6.51.